The molecule has 0 amide bonds. The third-order valence-electron chi connectivity index (χ3n) is 2.81. The molecule has 3 N–H and O–H groups in total. The Morgan fingerprint density at radius 1 is 1.25 bits per heavy atom. The molecule has 0 aromatic heterocycles. The van der Waals surface area contributed by atoms with Gasteiger partial charge in [-0.05, 0) is 42.4 Å². The molecule has 2 nitrogen and oxygen atoms in total. The summed E-state index contributed by atoms with van der Waals surface area (Å²) in [6.07, 6.45) is 2.45. The van der Waals surface area contributed by atoms with Crippen LogP contribution in [0.3, 0.4) is 0 Å². The summed E-state index contributed by atoms with van der Waals surface area (Å²) >= 11 is 0. The fourth-order valence-electron chi connectivity index (χ4n) is 2.00. The molecule has 0 heterocycles. The number of rotatable bonds is 5. The van der Waals surface area contributed by atoms with Crippen molar-refractivity contribution in [2.75, 3.05) is 7.11 Å². The highest BCUT2D eigenvalue weighted by molar-refractivity contribution is 5.30. The van der Waals surface area contributed by atoms with Gasteiger partial charge in [0.1, 0.15) is 5.75 Å². The van der Waals surface area contributed by atoms with Gasteiger partial charge < -0.3 is 10.9 Å². The van der Waals surface area contributed by atoms with Crippen molar-refractivity contribution in [3.63, 3.8) is 0 Å². The van der Waals surface area contributed by atoms with Gasteiger partial charge >= 0.3 is 0 Å². The third-order valence-corrected chi connectivity index (χ3v) is 2.81. The Bertz CT molecular complexity index is 297. The molecule has 0 spiro atoms. The van der Waals surface area contributed by atoms with E-state index in [1.54, 1.807) is 7.11 Å². The monoisotopic (exact) mass is 223 g/mol. The van der Waals surface area contributed by atoms with E-state index in [0.29, 0.717) is 5.92 Å². The number of hydrogen-bond acceptors (Lipinski definition) is 2. The standard InChI is InChI=1S/C14H22O.H3N/c1-5-12(9-11(2)3)13-7-6-8-14(10-13)15-4;/h6-8,10-12H,5,9H2,1-4H3;1H3. The average Bonchev–Trinajstić information content (AvgIpc) is 2.25. The molecule has 0 radical (unpaired) electrons. The van der Waals surface area contributed by atoms with E-state index >= 15 is 0 Å². The van der Waals surface area contributed by atoms with Crippen LogP contribution in [-0.2, 0) is 0 Å². The molecule has 1 aromatic rings. The first-order valence-corrected chi connectivity index (χ1v) is 5.81. The zero-order valence-corrected chi connectivity index (χ0v) is 11.0. The fourth-order valence-corrected chi connectivity index (χ4v) is 2.00. The zero-order chi connectivity index (χ0) is 11.3. The zero-order valence-electron chi connectivity index (χ0n) is 11.0. The van der Waals surface area contributed by atoms with Crippen molar-refractivity contribution in [2.45, 2.75) is 39.5 Å². The Labute approximate surface area is 99.6 Å². The second kappa shape index (κ2) is 7.29. The minimum atomic E-state index is 0. The van der Waals surface area contributed by atoms with Gasteiger partial charge in [0.15, 0.2) is 0 Å². The summed E-state index contributed by atoms with van der Waals surface area (Å²) in [6, 6.07) is 8.46. The van der Waals surface area contributed by atoms with Crippen molar-refractivity contribution in [3.05, 3.63) is 29.8 Å². The second-order valence-electron chi connectivity index (χ2n) is 4.51. The molecule has 0 fully saturated rings. The van der Waals surface area contributed by atoms with Crippen molar-refractivity contribution < 1.29 is 4.74 Å². The lowest BCUT2D eigenvalue weighted by atomic mass is 9.88. The molecule has 1 atom stereocenters. The predicted octanol–water partition coefficient (Wildman–Crippen LogP) is 4.40. The Morgan fingerprint density at radius 2 is 1.94 bits per heavy atom. The van der Waals surface area contributed by atoms with Gasteiger partial charge in [-0.15, -0.1) is 0 Å². The van der Waals surface area contributed by atoms with Crippen LogP contribution >= 0.6 is 0 Å². The first-order chi connectivity index (χ1) is 7.17. The highest BCUT2D eigenvalue weighted by atomic mass is 16.5. The largest absolute Gasteiger partial charge is 0.497 e. The molecule has 1 aromatic carbocycles. The number of hydrogen-bond donors (Lipinski definition) is 1. The van der Waals surface area contributed by atoms with Gasteiger partial charge in [0, 0.05) is 0 Å². The molecule has 16 heavy (non-hydrogen) atoms. The molecule has 2 heteroatoms. The molecule has 92 valence electrons. The van der Waals surface area contributed by atoms with E-state index in [2.05, 4.69) is 39.0 Å². The smallest absolute Gasteiger partial charge is 0.119 e. The van der Waals surface area contributed by atoms with E-state index < -0.39 is 0 Å². The van der Waals surface area contributed by atoms with E-state index in [1.165, 1.54) is 18.4 Å². The second-order valence-corrected chi connectivity index (χ2v) is 4.51. The summed E-state index contributed by atoms with van der Waals surface area (Å²) in [7, 11) is 1.72. The van der Waals surface area contributed by atoms with Crippen LogP contribution in [0.1, 0.15) is 45.1 Å². The van der Waals surface area contributed by atoms with Gasteiger partial charge in [0.2, 0.25) is 0 Å². The Morgan fingerprint density at radius 3 is 2.44 bits per heavy atom. The van der Waals surface area contributed by atoms with Gasteiger partial charge in [-0.2, -0.15) is 0 Å². The molecule has 1 rings (SSSR count). The Kier molecular flexibility index (Phi) is 6.82. The maximum Gasteiger partial charge on any atom is 0.119 e. The van der Waals surface area contributed by atoms with Crippen LogP contribution < -0.4 is 10.9 Å². The van der Waals surface area contributed by atoms with Crippen molar-refractivity contribution in [1.82, 2.24) is 6.15 Å². The summed E-state index contributed by atoms with van der Waals surface area (Å²) in [4.78, 5) is 0. The van der Waals surface area contributed by atoms with Gasteiger partial charge in [-0.1, -0.05) is 32.9 Å². The quantitative estimate of drug-likeness (QED) is 0.804. The lowest BCUT2D eigenvalue weighted by Crippen LogP contribution is -2.02. The molecule has 0 bridgehead atoms. The summed E-state index contributed by atoms with van der Waals surface area (Å²) in [5.41, 5.74) is 1.41. The van der Waals surface area contributed by atoms with Gasteiger partial charge in [-0.25, -0.2) is 0 Å². The summed E-state index contributed by atoms with van der Waals surface area (Å²) in [5.74, 6) is 2.39. The normalized spacial score (nSPS) is 12.1. The minimum absolute atomic E-state index is 0. The van der Waals surface area contributed by atoms with E-state index in [9.17, 15) is 0 Å². The average molecular weight is 223 g/mol. The molecule has 0 saturated heterocycles. The highest BCUT2D eigenvalue weighted by Crippen LogP contribution is 2.28. The SMILES string of the molecule is CCC(CC(C)C)c1cccc(OC)c1.N. The first kappa shape index (κ1) is 15.0. The van der Waals surface area contributed by atoms with Crippen molar-refractivity contribution in [2.24, 2.45) is 5.92 Å². The lowest BCUT2D eigenvalue weighted by Gasteiger charge is -2.18. The number of benzene rings is 1. The lowest BCUT2D eigenvalue weighted by molar-refractivity contribution is 0.412. The van der Waals surface area contributed by atoms with E-state index in [0.717, 1.165) is 11.7 Å². The van der Waals surface area contributed by atoms with E-state index in [1.807, 2.05) is 6.07 Å². The van der Waals surface area contributed by atoms with Crippen LogP contribution in [0, 0.1) is 5.92 Å². The molecule has 0 saturated carbocycles. The van der Waals surface area contributed by atoms with Crippen molar-refractivity contribution >= 4 is 0 Å². The topological polar surface area (TPSA) is 44.2 Å². The minimum Gasteiger partial charge on any atom is -0.497 e. The molecule has 0 aliphatic rings. The van der Waals surface area contributed by atoms with E-state index in [4.69, 9.17) is 4.74 Å². The number of ether oxygens (including phenoxy) is 1. The van der Waals surface area contributed by atoms with Crippen LogP contribution in [0.25, 0.3) is 0 Å². The third kappa shape index (κ3) is 4.23. The Hall–Kier alpha value is -1.02. The predicted molar refractivity (Wildman–Crippen MR) is 70.5 cm³/mol. The summed E-state index contributed by atoms with van der Waals surface area (Å²) in [6.45, 7) is 6.82. The van der Waals surface area contributed by atoms with Gasteiger partial charge in [0.05, 0.1) is 7.11 Å². The van der Waals surface area contributed by atoms with Gasteiger partial charge in [-0.3, -0.25) is 0 Å². The van der Waals surface area contributed by atoms with Crippen LogP contribution in [-0.4, -0.2) is 7.11 Å². The Balaban J connectivity index is 0.00000225. The molecule has 0 aliphatic carbocycles. The maximum absolute atomic E-state index is 5.25. The van der Waals surface area contributed by atoms with Crippen LogP contribution in [0.4, 0.5) is 0 Å². The maximum atomic E-state index is 5.25. The first-order valence-electron chi connectivity index (χ1n) is 5.81. The summed E-state index contributed by atoms with van der Waals surface area (Å²) in [5, 5.41) is 0. The number of methoxy groups -OCH3 is 1. The molecular formula is C14H25NO. The van der Waals surface area contributed by atoms with E-state index in [-0.39, 0.29) is 6.15 Å². The van der Waals surface area contributed by atoms with Crippen molar-refractivity contribution in [3.8, 4) is 5.75 Å². The molecule has 1 unspecified atom stereocenters. The summed E-state index contributed by atoms with van der Waals surface area (Å²) < 4.78 is 5.25. The van der Waals surface area contributed by atoms with Crippen molar-refractivity contribution in [1.29, 1.82) is 0 Å². The van der Waals surface area contributed by atoms with Crippen LogP contribution in [0.15, 0.2) is 24.3 Å². The van der Waals surface area contributed by atoms with Gasteiger partial charge in [0.25, 0.3) is 0 Å². The fraction of sp³-hybridized carbons (Fsp3) is 0.571. The highest BCUT2D eigenvalue weighted by Gasteiger charge is 2.11. The molecular weight excluding hydrogens is 198 g/mol. The van der Waals surface area contributed by atoms with Crippen LogP contribution in [0.5, 0.6) is 5.75 Å². The molecule has 0 aliphatic heterocycles. The van der Waals surface area contributed by atoms with Crippen LogP contribution in [0.2, 0.25) is 0 Å².